The van der Waals surface area contributed by atoms with Gasteiger partial charge in [-0.05, 0) is 0 Å². The van der Waals surface area contributed by atoms with Gasteiger partial charge in [-0.3, -0.25) is 5.32 Å². The van der Waals surface area contributed by atoms with Gasteiger partial charge in [0.2, 0.25) is 0 Å². The Labute approximate surface area is 95.8 Å². The van der Waals surface area contributed by atoms with Gasteiger partial charge in [-0.25, -0.2) is 4.79 Å². The lowest BCUT2D eigenvalue weighted by Gasteiger charge is -2.48. The normalized spacial score (nSPS) is 28.0. The highest BCUT2D eigenvalue weighted by atomic mass is 16.5. The maximum absolute atomic E-state index is 10.8. The molecular formula is C11H20N2O3. The van der Waals surface area contributed by atoms with Crippen LogP contribution in [0.4, 0.5) is 4.79 Å². The van der Waals surface area contributed by atoms with E-state index in [0.717, 1.165) is 26.0 Å². The highest BCUT2D eigenvalue weighted by Crippen LogP contribution is 2.31. The van der Waals surface area contributed by atoms with Gasteiger partial charge in [-0.1, -0.05) is 13.8 Å². The first-order valence-electron chi connectivity index (χ1n) is 5.79. The summed E-state index contributed by atoms with van der Waals surface area (Å²) in [5.74, 6) is 0. The number of piperidine rings is 1. The van der Waals surface area contributed by atoms with Crippen LogP contribution in [0.1, 0.15) is 26.7 Å². The molecule has 0 aromatic heterocycles. The Morgan fingerprint density at radius 2 is 2.00 bits per heavy atom. The fraction of sp³-hybridized carbons (Fsp3) is 0.909. The number of likely N-dealkylation sites (tertiary alicyclic amines) is 1. The molecule has 2 heterocycles. The quantitative estimate of drug-likeness (QED) is 0.652. The van der Waals surface area contributed by atoms with E-state index in [1.807, 2.05) is 0 Å². The molecule has 2 saturated heterocycles. The second-order valence-electron chi connectivity index (χ2n) is 5.57. The predicted molar refractivity (Wildman–Crippen MR) is 59.3 cm³/mol. The number of ether oxygens (including phenoxy) is 1. The lowest BCUT2D eigenvalue weighted by molar-refractivity contribution is -0.158. The van der Waals surface area contributed by atoms with Gasteiger partial charge in [0.15, 0.2) is 0 Å². The Balaban J connectivity index is 1.91. The lowest BCUT2D eigenvalue weighted by atomic mass is 9.89. The first-order chi connectivity index (χ1) is 7.43. The molecule has 2 aliphatic rings. The molecular weight excluding hydrogens is 208 g/mol. The molecule has 0 unspecified atom stereocenters. The van der Waals surface area contributed by atoms with Crippen LogP contribution in [-0.4, -0.2) is 48.1 Å². The highest BCUT2D eigenvalue weighted by molar-refractivity contribution is 5.65. The first kappa shape index (κ1) is 11.7. The van der Waals surface area contributed by atoms with E-state index in [1.54, 1.807) is 0 Å². The van der Waals surface area contributed by atoms with Crippen molar-refractivity contribution in [3.8, 4) is 0 Å². The summed E-state index contributed by atoms with van der Waals surface area (Å²) in [5, 5.41) is 12.3. The average Bonchev–Trinajstić information content (AvgIpc) is 2.24. The fourth-order valence-electron chi connectivity index (χ4n) is 2.22. The Morgan fingerprint density at radius 1 is 1.38 bits per heavy atom. The third kappa shape index (κ3) is 2.30. The molecule has 0 aliphatic carbocycles. The van der Waals surface area contributed by atoms with Gasteiger partial charge in [-0.2, -0.15) is 0 Å². The van der Waals surface area contributed by atoms with E-state index in [0.29, 0.717) is 13.1 Å². The number of amides is 1. The fourth-order valence-corrected chi connectivity index (χ4v) is 2.22. The molecule has 92 valence electrons. The number of rotatable bonds is 0. The van der Waals surface area contributed by atoms with Gasteiger partial charge in [0, 0.05) is 37.9 Å². The second kappa shape index (κ2) is 3.89. The van der Waals surface area contributed by atoms with Crippen molar-refractivity contribution in [1.82, 2.24) is 10.2 Å². The van der Waals surface area contributed by atoms with Crippen LogP contribution in [0.3, 0.4) is 0 Å². The van der Waals surface area contributed by atoms with E-state index < -0.39 is 6.09 Å². The summed E-state index contributed by atoms with van der Waals surface area (Å²) < 4.78 is 5.92. The zero-order valence-electron chi connectivity index (χ0n) is 9.95. The minimum Gasteiger partial charge on any atom is -0.465 e. The smallest absolute Gasteiger partial charge is 0.407 e. The molecule has 0 aromatic carbocycles. The summed E-state index contributed by atoms with van der Waals surface area (Å²) in [6, 6.07) is 0. The SMILES string of the molecule is CC1(C)CNC2(CCN(C(=O)O)CC2)OC1. The standard InChI is InChI=1S/C11H20N2O3/c1-10(2)7-12-11(16-8-10)3-5-13(6-4-11)9(14)15/h12H,3-8H2,1-2H3,(H,14,15). The Hall–Kier alpha value is -0.810. The number of hydrogen-bond donors (Lipinski definition) is 2. The van der Waals surface area contributed by atoms with Crippen LogP contribution in [0.2, 0.25) is 0 Å². The molecule has 0 atom stereocenters. The van der Waals surface area contributed by atoms with E-state index in [9.17, 15) is 4.79 Å². The number of carbonyl (C=O) groups is 1. The van der Waals surface area contributed by atoms with E-state index in [-0.39, 0.29) is 11.1 Å². The third-order valence-corrected chi connectivity index (χ3v) is 3.47. The number of carboxylic acid groups (broad SMARTS) is 1. The van der Waals surface area contributed by atoms with Crippen LogP contribution >= 0.6 is 0 Å². The van der Waals surface area contributed by atoms with Gasteiger partial charge < -0.3 is 14.7 Å². The van der Waals surface area contributed by atoms with Crippen LogP contribution in [0.15, 0.2) is 0 Å². The van der Waals surface area contributed by atoms with Crippen molar-refractivity contribution >= 4 is 6.09 Å². The number of nitrogens with one attached hydrogen (secondary N) is 1. The Kier molecular flexibility index (Phi) is 2.84. The summed E-state index contributed by atoms with van der Waals surface area (Å²) >= 11 is 0. The van der Waals surface area contributed by atoms with Crippen molar-refractivity contribution in [2.75, 3.05) is 26.2 Å². The van der Waals surface area contributed by atoms with Crippen LogP contribution in [0, 0.1) is 5.41 Å². The molecule has 5 heteroatoms. The van der Waals surface area contributed by atoms with Crippen molar-refractivity contribution in [3.05, 3.63) is 0 Å². The van der Waals surface area contributed by atoms with Crippen LogP contribution in [-0.2, 0) is 4.74 Å². The monoisotopic (exact) mass is 228 g/mol. The van der Waals surface area contributed by atoms with Gasteiger partial charge >= 0.3 is 6.09 Å². The number of hydrogen-bond acceptors (Lipinski definition) is 3. The summed E-state index contributed by atoms with van der Waals surface area (Å²) in [7, 11) is 0. The molecule has 2 rings (SSSR count). The van der Waals surface area contributed by atoms with Crippen LogP contribution in [0.25, 0.3) is 0 Å². The molecule has 0 radical (unpaired) electrons. The molecule has 2 aliphatic heterocycles. The summed E-state index contributed by atoms with van der Waals surface area (Å²) in [5.41, 5.74) is -0.101. The molecule has 1 amide bonds. The van der Waals surface area contributed by atoms with Crippen molar-refractivity contribution < 1.29 is 14.6 Å². The van der Waals surface area contributed by atoms with Crippen molar-refractivity contribution in [2.45, 2.75) is 32.4 Å². The van der Waals surface area contributed by atoms with E-state index in [4.69, 9.17) is 9.84 Å². The lowest BCUT2D eigenvalue weighted by Crippen LogP contribution is -2.62. The minimum absolute atomic E-state index is 0.176. The zero-order valence-corrected chi connectivity index (χ0v) is 9.95. The van der Waals surface area contributed by atoms with Crippen molar-refractivity contribution in [3.63, 3.8) is 0 Å². The molecule has 16 heavy (non-hydrogen) atoms. The van der Waals surface area contributed by atoms with Crippen molar-refractivity contribution in [1.29, 1.82) is 0 Å². The minimum atomic E-state index is -0.828. The van der Waals surface area contributed by atoms with Crippen LogP contribution in [0.5, 0.6) is 0 Å². The Morgan fingerprint density at radius 3 is 2.44 bits per heavy atom. The van der Waals surface area contributed by atoms with Crippen LogP contribution < -0.4 is 5.32 Å². The largest absolute Gasteiger partial charge is 0.465 e. The topological polar surface area (TPSA) is 61.8 Å². The van der Waals surface area contributed by atoms with Gasteiger partial charge in [0.1, 0.15) is 5.72 Å². The van der Waals surface area contributed by atoms with Gasteiger partial charge in [-0.15, -0.1) is 0 Å². The summed E-state index contributed by atoms with van der Waals surface area (Å²) in [6.45, 7) is 7.12. The van der Waals surface area contributed by atoms with E-state index in [2.05, 4.69) is 19.2 Å². The molecule has 2 N–H and O–H groups in total. The summed E-state index contributed by atoms with van der Waals surface area (Å²) in [6.07, 6.45) is 0.663. The van der Waals surface area contributed by atoms with Crippen molar-refractivity contribution in [2.24, 2.45) is 5.41 Å². The third-order valence-electron chi connectivity index (χ3n) is 3.47. The van der Waals surface area contributed by atoms with E-state index in [1.165, 1.54) is 4.90 Å². The maximum atomic E-state index is 10.8. The molecule has 1 spiro atoms. The summed E-state index contributed by atoms with van der Waals surface area (Å²) in [4.78, 5) is 12.2. The number of nitrogens with zero attached hydrogens (tertiary/aromatic N) is 1. The maximum Gasteiger partial charge on any atom is 0.407 e. The molecule has 5 nitrogen and oxygen atoms in total. The molecule has 0 aromatic rings. The predicted octanol–water partition coefficient (Wildman–Crippen LogP) is 1.10. The highest BCUT2D eigenvalue weighted by Gasteiger charge is 2.41. The molecule has 0 saturated carbocycles. The van der Waals surface area contributed by atoms with Gasteiger partial charge in [0.05, 0.1) is 6.61 Å². The zero-order chi connectivity index (χ0) is 11.8. The first-order valence-corrected chi connectivity index (χ1v) is 5.79. The average molecular weight is 228 g/mol. The molecule has 0 bridgehead atoms. The molecule has 2 fully saturated rings. The Bertz CT molecular complexity index is 271. The van der Waals surface area contributed by atoms with E-state index >= 15 is 0 Å². The van der Waals surface area contributed by atoms with Gasteiger partial charge in [0.25, 0.3) is 0 Å². The second-order valence-corrected chi connectivity index (χ2v) is 5.57.